The van der Waals surface area contributed by atoms with Gasteiger partial charge in [-0.25, -0.2) is 0 Å². The molecule has 0 aliphatic rings. The maximum Gasteiger partial charge on any atom is 0.123 e. The van der Waals surface area contributed by atoms with E-state index in [0.717, 1.165) is 12.3 Å². The summed E-state index contributed by atoms with van der Waals surface area (Å²) in [6.45, 7) is 10.0. The SMILES string of the molecule is CN(CCO)CCOCCOc1ccccc1C(C)(C)C. The van der Waals surface area contributed by atoms with E-state index >= 15 is 0 Å². The van der Waals surface area contributed by atoms with Crippen molar-refractivity contribution in [3.63, 3.8) is 0 Å². The van der Waals surface area contributed by atoms with Gasteiger partial charge < -0.3 is 19.5 Å². The first kappa shape index (κ1) is 18.0. The van der Waals surface area contributed by atoms with Gasteiger partial charge in [-0.15, -0.1) is 0 Å². The van der Waals surface area contributed by atoms with Crippen molar-refractivity contribution in [1.82, 2.24) is 4.90 Å². The normalized spacial score (nSPS) is 11.9. The lowest BCUT2D eigenvalue weighted by Crippen LogP contribution is -2.26. The molecule has 0 saturated heterocycles. The van der Waals surface area contributed by atoms with Gasteiger partial charge in [-0.3, -0.25) is 0 Å². The Morgan fingerprint density at radius 2 is 1.76 bits per heavy atom. The van der Waals surface area contributed by atoms with E-state index < -0.39 is 0 Å². The fourth-order valence-corrected chi connectivity index (χ4v) is 2.03. The summed E-state index contributed by atoms with van der Waals surface area (Å²) in [4.78, 5) is 2.04. The Bertz CT molecular complexity index is 401. The van der Waals surface area contributed by atoms with Crippen molar-refractivity contribution in [3.05, 3.63) is 29.8 Å². The van der Waals surface area contributed by atoms with E-state index in [0.29, 0.717) is 26.4 Å². The zero-order valence-electron chi connectivity index (χ0n) is 13.8. The molecule has 0 amide bonds. The molecule has 1 aromatic rings. The third-order valence-electron chi connectivity index (χ3n) is 3.28. The van der Waals surface area contributed by atoms with Crippen molar-refractivity contribution in [1.29, 1.82) is 0 Å². The summed E-state index contributed by atoms with van der Waals surface area (Å²) in [6, 6.07) is 8.16. The molecule has 120 valence electrons. The largest absolute Gasteiger partial charge is 0.491 e. The first-order chi connectivity index (χ1) is 9.95. The van der Waals surface area contributed by atoms with Crippen LogP contribution in [-0.4, -0.2) is 56.6 Å². The number of hydrogen-bond acceptors (Lipinski definition) is 4. The molecular formula is C17H29NO3. The molecule has 0 aliphatic heterocycles. The van der Waals surface area contributed by atoms with Gasteiger partial charge in [-0.2, -0.15) is 0 Å². The predicted molar refractivity (Wildman–Crippen MR) is 86.0 cm³/mol. The molecule has 0 fully saturated rings. The third-order valence-corrected chi connectivity index (χ3v) is 3.28. The van der Waals surface area contributed by atoms with Gasteiger partial charge in [0.15, 0.2) is 0 Å². The van der Waals surface area contributed by atoms with Gasteiger partial charge in [0.2, 0.25) is 0 Å². The number of hydrogen-bond donors (Lipinski definition) is 1. The molecule has 0 saturated carbocycles. The highest BCUT2D eigenvalue weighted by atomic mass is 16.5. The minimum absolute atomic E-state index is 0.0739. The van der Waals surface area contributed by atoms with Gasteiger partial charge in [-0.1, -0.05) is 39.0 Å². The molecule has 0 spiro atoms. The molecule has 0 radical (unpaired) electrons. The maximum atomic E-state index is 8.79. The number of rotatable bonds is 9. The molecule has 0 atom stereocenters. The number of ether oxygens (including phenoxy) is 2. The Balaban J connectivity index is 2.28. The standard InChI is InChI=1S/C17H29NO3/c1-17(2,3)15-7-5-6-8-16(15)21-14-13-20-12-10-18(4)9-11-19/h5-8,19H,9-14H2,1-4H3. The van der Waals surface area contributed by atoms with Gasteiger partial charge in [-0.05, 0) is 24.1 Å². The first-order valence-electron chi connectivity index (χ1n) is 7.54. The number of benzene rings is 1. The van der Waals surface area contributed by atoms with Gasteiger partial charge in [0, 0.05) is 13.1 Å². The van der Waals surface area contributed by atoms with E-state index in [1.54, 1.807) is 0 Å². The Morgan fingerprint density at radius 3 is 2.43 bits per heavy atom. The summed E-state index contributed by atoms with van der Waals surface area (Å²) in [5.74, 6) is 0.936. The van der Waals surface area contributed by atoms with Gasteiger partial charge >= 0.3 is 0 Å². The van der Waals surface area contributed by atoms with Crippen LogP contribution in [-0.2, 0) is 10.2 Å². The molecule has 4 nitrogen and oxygen atoms in total. The zero-order chi connectivity index (χ0) is 15.7. The monoisotopic (exact) mass is 295 g/mol. The second-order valence-corrected chi connectivity index (χ2v) is 6.23. The van der Waals surface area contributed by atoms with Crippen LogP contribution in [0, 0.1) is 0 Å². The summed E-state index contributed by atoms with van der Waals surface area (Å²) < 4.78 is 11.4. The van der Waals surface area contributed by atoms with Crippen molar-refractivity contribution >= 4 is 0 Å². The first-order valence-corrected chi connectivity index (χ1v) is 7.54. The third kappa shape index (κ3) is 6.93. The van der Waals surface area contributed by atoms with Crippen LogP contribution in [0.2, 0.25) is 0 Å². The Hall–Kier alpha value is -1.10. The lowest BCUT2D eigenvalue weighted by atomic mass is 9.86. The molecule has 1 N–H and O–H groups in total. The number of aliphatic hydroxyl groups excluding tert-OH is 1. The zero-order valence-corrected chi connectivity index (χ0v) is 13.8. The second-order valence-electron chi connectivity index (χ2n) is 6.23. The smallest absolute Gasteiger partial charge is 0.123 e. The van der Waals surface area contributed by atoms with Crippen molar-refractivity contribution in [2.24, 2.45) is 0 Å². The Morgan fingerprint density at radius 1 is 1.05 bits per heavy atom. The van der Waals surface area contributed by atoms with E-state index in [1.165, 1.54) is 5.56 Å². The highest BCUT2D eigenvalue weighted by molar-refractivity contribution is 5.38. The van der Waals surface area contributed by atoms with Crippen molar-refractivity contribution < 1.29 is 14.6 Å². The van der Waals surface area contributed by atoms with Crippen LogP contribution in [0.3, 0.4) is 0 Å². The van der Waals surface area contributed by atoms with Crippen LogP contribution >= 0.6 is 0 Å². The number of aliphatic hydroxyl groups is 1. The van der Waals surface area contributed by atoms with Crippen molar-refractivity contribution in [2.75, 3.05) is 46.6 Å². The minimum Gasteiger partial charge on any atom is -0.491 e. The molecule has 0 aromatic heterocycles. The number of para-hydroxylation sites is 1. The molecule has 0 bridgehead atoms. The highest BCUT2D eigenvalue weighted by Crippen LogP contribution is 2.30. The molecule has 4 heteroatoms. The molecule has 0 aliphatic carbocycles. The average Bonchev–Trinajstić information content (AvgIpc) is 2.42. The second kappa shape index (κ2) is 9.03. The molecule has 1 aromatic carbocycles. The van der Waals surface area contributed by atoms with E-state index in [2.05, 4.69) is 26.8 Å². The van der Waals surface area contributed by atoms with Crippen LogP contribution < -0.4 is 4.74 Å². The summed E-state index contributed by atoms with van der Waals surface area (Å²) in [6.07, 6.45) is 0. The van der Waals surface area contributed by atoms with Gasteiger partial charge in [0.25, 0.3) is 0 Å². The predicted octanol–water partition coefficient (Wildman–Crippen LogP) is 2.30. The van der Waals surface area contributed by atoms with Crippen LogP contribution in [0.25, 0.3) is 0 Å². The van der Waals surface area contributed by atoms with E-state index in [-0.39, 0.29) is 12.0 Å². The molecule has 0 heterocycles. The van der Waals surface area contributed by atoms with Gasteiger partial charge in [0.05, 0.1) is 19.8 Å². The van der Waals surface area contributed by atoms with Crippen LogP contribution in [0.15, 0.2) is 24.3 Å². The number of nitrogens with zero attached hydrogens (tertiary/aromatic N) is 1. The van der Waals surface area contributed by atoms with E-state index in [9.17, 15) is 0 Å². The summed E-state index contributed by atoms with van der Waals surface area (Å²) in [7, 11) is 1.97. The quantitative estimate of drug-likeness (QED) is 0.710. The van der Waals surface area contributed by atoms with Crippen molar-refractivity contribution in [3.8, 4) is 5.75 Å². The van der Waals surface area contributed by atoms with Crippen LogP contribution in [0.4, 0.5) is 0 Å². The molecule has 0 unspecified atom stereocenters. The van der Waals surface area contributed by atoms with Gasteiger partial charge in [0.1, 0.15) is 12.4 Å². The maximum absolute atomic E-state index is 8.79. The number of likely N-dealkylation sites (N-methyl/N-ethyl adjacent to an activating group) is 1. The van der Waals surface area contributed by atoms with Crippen LogP contribution in [0.1, 0.15) is 26.3 Å². The van der Waals surface area contributed by atoms with E-state index in [4.69, 9.17) is 14.6 Å². The molecule has 21 heavy (non-hydrogen) atoms. The fourth-order valence-electron chi connectivity index (χ4n) is 2.03. The fraction of sp³-hybridized carbons (Fsp3) is 0.647. The Labute approximate surface area is 128 Å². The van der Waals surface area contributed by atoms with E-state index in [1.807, 2.05) is 30.1 Å². The molecular weight excluding hydrogens is 266 g/mol. The minimum atomic E-state index is 0.0739. The van der Waals surface area contributed by atoms with Crippen molar-refractivity contribution in [2.45, 2.75) is 26.2 Å². The summed E-state index contributed by atoms with van der Waals surface area (Å²) in [5, 5.41) is 8.79. The van der Waals surface area contributed by atoms with Crippen LogP contribution in [0.5, 0.6) is 5.75 Å². The Kier molecular flexibility index (Phi) is 7.72. The lowest BCUT2D eigenvalue weighted by Gasteiger charge is -2.22. The summed E-state index contributed by atoms with van der Waals surface area (Å²) >= 11 is 0. The topological polar surface area (TPSA) is 41.9 Å². The summed E-state index contributed by atoms with van der Waals surface area (Å²) in [5.41, 5.74) is 1.29. The lowest BCUT2D eigenvalue weighted by molar-refractivity contribution is 0.0808. The average molecular weight is 295 g/mol. The highest BCUT2D eigenvalue weighted by Gasteiger charge is 2.18. The molecule has 1 rings (SSSR count).